The van der Waals surface area contributed by atoms with Crippen molar-refractivity contribution >= 4 is 11.7 Å². The maximum Gasteiger partial charge on any atom is 0.433 e. The third-order valence-electron chi connectivity index (χ3n) is 4.92. The fourth-order valence-electron chi connectivity index (χ4n) is 3.36. The average Bonchev–Trinajstić information content (AvgIpc) is 2.72. The zero-order valence-corrected chi connectivity index (χ0v) is 16.9. The number of aromatic nitrogens is 2. The lowest BCUT2D eigenvalue weighted by molar-refractivity contribution is -0.141. The number of amides is 1. The van der Waals surface area contributed by atoms with Crippen molar-refractivity contribution in [3.63, 3.8) is 0 Å². The van der Waals surface area contributed by atoms with Gasteiger partial charge in [0.05, 0.1) is 19.8 Å². The molecule has 30 heavy (non-hydrogen) atoms. The zero-order chi connectivity index (χ0) is 21.9. The predicted molar refractivity (Wildman–Crippen MR) is 104 cm³/mol. The Morgan fingerprint density at radius 2 is 1.83 bits per heavy atom. The lowest BCUT2D eigenvalue weighted by atomic mass is 10.0. The molecular weight excluding hydrogens is 401 g/mol. The number of nitrogens with zero attached hydrogens (tertiary/aromatic N) is 3. The van der Waals surface area contributed by atoms with Gasteiger partial charge in [0, 0.05) is 31.3 Å². The van der Waals surface area contributed by atoms with E-state index in [4.69, 9.17) is 9.47 Å². The van der Waals surface area contributed by atoms with Gasteiger partial charge in [-0.3, -0.25) is 4.79 Å². The molecule has 2 aromatic rings. The largest absolute Gasteiger partial charge is 0.497 e. The van der Waals surface area contributed by atoms with E-state index in [2.05, 4.69) is 15.3 Å². The third kappa shape index (κ3) is 4.92. The number of hydrogen-bond acceptors (Lipinski definition) is 6. The van der Waals surface area contributed by atoms with Crippen molar-refractivity contribution in [3.05, 3.63) is 41.3 Å². The number of aryl methyl sites for hydroxylation is 1. The first-order valence-corrected chi connectivity index (χ1v) is 9.42. The molecule has 162 valence electrons. The Morgan fingerprint density at radius 1 is 1.13 bits per heavy atom. The van der Waals surface area contributed by atoms with Crippen LogP contribution >= 0.6 is 0 Å². The molecule has 1 aliphatic rings. The van der Waals surface area contributed by atoms with Gasteiger partial charge in [-0.25, -0.2) is 9.97 Å². The van der Waals surface area contributed by atoms with E-state index >= 15 is 0 Å². The molecule has 1 fully saturated rings. The van der Waals surface area contributed by atoms with Crippen LogP contribution in [0, 0.1) is 6.92 Å². The number of carbonyl (C=O) groups is 1. The molecular formula is C20H23F3N4O3. The summed E-state index contributed by atoms with van der Waals surface area (Å²) in [6.07, 6.45) is -3.37. The van der Waals surface area contributed by atoms with Crippen molar-refractivity contribution in [1.82, 2.24) is 15.3 Å². The number of hydrogen-bond donors (Lipinski definition) is 1. The van der Waals surface area contributed by atoms with Gasteiger partial charge in [0.2, 0.25) is 0 Å². The minimum Gasteiger partial charge on any atom is -0.497 e. The third-order valence-corrected chi connectivity index (χ3v) is 4.92. The Hall–Kier alpha value is -3.04. The van der Waals surface area contributed by atoms with Gasteiger partial charge in [-0.15, -0.1) is 0 Å². The van der Waals surface area contributed by atoms with Gasteiger partial charge in [0.15, 0.2) is 0 Å². The number of carbonyl (C=O) groups excluding carboxylic acids is 1. The van der Waals surface area contributed by atoms with Crippen LogP contribution in [-0.2, 0) is 6.18 Å². The monoisotopic (exact) mass is 424 g/mol. The molecule has 0 unspecified atom stereocenters. The lowest BCUT2D eigenvalue weighted by Gasteiger charge is -2.33. The molecule has 3 rings (SSSR count). The van der Waals surface area contributed by atoms with E-state index in [-0.39, 0.29) is 23.6 Å². The molecule has 2 heterocycles. The van der Waals surface area contributed by atoms with Crippen molar-refractivity contribution in [3.8, 4) is 11.5 Å². The average molecular weight is 424 g/mol. The maximum absolute atomic E-state index is 13.0. The molecule has 1 aromatic carbocycles. The number of ether oxygens (including phenoxy) is 2. The first-order valence-electron chi connectivity index (χ1n) is 9.42. The van der Waals surface area contributed by atoms with Gasteiger partial charge < -0.3 is 19.7 Å². The first-order chi connectivity index (χ1) is 14.2. The number of nitrogens with one attached hydrogen (secondary N) is 1. The number of anilines is 1. The van der Waals surface area contributed by atoms with Crippen LogP contribution in [-0.4, -0.2) is 49.2 Å². The molecule has 1 aromatic heterocycles. The van der Waals surface area contributed by atoms with Crippen LogP contribution in [0.4, 0.5) is 19.0 Å². The highest BCUT2D eigenvalue weighted by atomic mass is 19.4. The van der Waals surface area contributed by atoms with Crippen LogP contribution in [0.5, 0.6) is 11.5 Å². The van der Waals surface area contributed by atoms with E-state index in [1.54, 1.807) is 23.1 Å². The molecule has 0 bridgehead atoms. The number of halogens is 3. The SMILES string of the molecule is COc1ccc(C(=O)NC2CCN(c3cc(C(F)(F)F)nc(C)n3)CC2)c(OC)c1. The molecule has 0 saturated carbocycles. The van der Waals surface area contributed by atoms with Crippen molar-refractivity contribution in [2.24, 2.45) is 0 Å². The summed E-state index contributed by atoms with van der Waals surface area (Å²) in [6, 6.07) is 5.80. The minimum absolute atomic E-state index is 0.0712. The van der Waals surface area contributed by atoms with E-state index in [0.717, 1.165) is 6.07 Å². The second kappa shape index (κ2) is 8.76. The summed E-state index contributed by atoms with van der Waals surface area (Å²) in [5.74, 6) is 1.03. The molecule has 10 heteroatoms. The van der Waals surface area contributed by atoms with Gasteiger partial charge in [-0.2, -0.15) is 13.2 Å². The number of piperidine rings is 1. The Kier molecular flexibility index (Phi) is 6.33. The molecule has 1 aliphatic heterocycles. The molecule has 7 nitrogen and oxygen atoms in total. The molecule has 0 atom stereocenters. The second-order valence-corrected chi connectivity index (χ2v) is 6.96. The van der Waals surface area contributed by atoms with Crippen molar-refractivity contribution in [2.45, 2.75) is 32.0 Å². The fraction of sp³-hybridized carbons (Fsp3) is 0.450. The molecule has 0 spiro atoms. The van der Waals surface area contributed by atoms with Crippen LogP contribution in [0.25, 0.3) is 0 Å². The second-order valence-electron chi connectivity index (χ2n) is 6.96. The van der Waals surface area contributed by atoms with Crippen molar-refractivity contribution in [1.29, 1.82) is 0 Å². The summed E-state index contributed by atoms with van der Waals surface area (Å²) in [5.41, 5.74) is -0.561. The summed E-state index contributed by atoms with van der Waals surface area (Å²) >= 11 is 0. The summed E-state index contributed by atoms with van der Waals surface area (Å²) in [7, 11) is 3.00. The van der Waals surface area contributed by atoms with Crippen LogP contribution in [0.1, 0.15) is 34.7 Å². The van der Waals surface area contributed by atoms with Crippen LogP contribution in [0.2, 0.25) is 0 Å². The van der Waals surface area contributed by atoms with Crippen LogP contribution < -0.4 is 19.7 Å². The standard InChI is InChI=1S/C20H23F3N4O3/c1-12-24-17(20(21,22)23)11-18(25-12)27-8-6-13(7-9-27)26-19(28)15-5-4-14(29-2)10-16(15)30-3/h4-5,10-11,13H,6-9H2,1-3H3,(H,26,28). The van der Waals surface area contributed by atoms with Gasteiger partial charge in [0.1, 0.15) is 28.8 Å². The van der Waals surface area contributed by atoms with Gasteiger partial charge in [0.25, 0.3) is 5.91 Å². The highest BCUT2D eigenvalue weighted by Gasteiger charge is 2.34. The van der Waals surface area contributed by atoms with E-state index in [9.17, 15) is 18.0 Å². The Bertz CT molecular complexity index is 913. The fourth-order valence-corrected chi connectivity index (χ4v) is 3.36. The van der Waals surface area contributed by atoms with Crippen molar-refractivity contribution < 1.29 is 27.4 Å². The van der Waals surface area contributed by atoms with Gasteiger partial charge >= 0.3 is 6.18 Å². The summed E-state index contributed by atoms with van der Waals surface area (Å²) in [6.45, 7) is 2.38. The Morgan fingerprint density at radius 3 is 2.43 bits per heavy atom. The van der Waals surface area contributed by atoms with Crippen LogP contribution in [0.15, 0.2) is 24.3 Å². The first kappa shape index (κ1) is 21.7. The highest BCUT2D eigenvalue weighted by Crippen LogP contribution is 2.30. The summed E-state index contributed by atoms with van der Waals surface area (Å²) in [4.78, 5) is 22.0. The smallest absolute Gasteiger partial charge is 0.433 e. The molecule has 1 amide bonds. The molecule has 0 aliphatic carbocycles. The Balaban J connectivity index is 1.64. The predicted octanol–water partition coefficient (Wildman–Crippen LogP) is 3.22. The van der Waals surface area contributed by atoms with Crippen LogP contribution in [0.3, 0.4) is 0 Å². The quantitative estimate of drug-likeness (QED) is 0.794. The molecule has 1 N–H and O–H groups in total. The lowest BCUT2D eigenvalue weighted by Crippen LogP contribution is -2.45. The van der Waals surface area contributed by atoms with E-state index < -0.39 is 11.9 Å². The van der Waals surface area contributed by atoms with E-state index in [1.165, 1.54) is 21.1 Å². The number of rotatable bonds is 5. The van der Waals surface area contributed by atoms with Gasteiger partial charge in [-0.1, -0.05) is 0 Å². The number of alkyl halides is 3. The van der Waals surface area contributed by atoms with Gasteiger partial charge in [-0.05, 0) is 31.9 Å². The highest BCUT2D eigenvalue weighted by molar-refractivity contribution is 5.97. The summed E-state index contributed by atoms with van der Waals surface area (Å²) < 4.78 is 49.5. The number of methoxy groups -OCH3 is 2. The van der Waals surface area contributed by atoms with Crippen molar-refractivity contribution in [2.75, 3.05) is 32.2 Å². The zero-order valence-electron chi connectivity index (χ0n) is 16.9. The maximum atomic E-state index is 13.0. The topological polar surface area (TPSA) is 76.6 Å². The Labute approximate surface area is 172 Å². The number of benzene rings is 1. The van der Waals surface area contributed by atoms with E-state index in [1.807, 2.05) is 0 Å². The minimum atomic E-state index is -4.52. The summed E-state index contributed by atoms with van der Waals surface area (Å²) in [5, 5.41) is 2.97. The molecule has 0 radical (unpaired) electrons. The molecule has 1 saturated heterocycles. The normalized spacial score (nSPS) is 15.1. The van der Waals surface area contributed by atoms with E-state index in [0.29, 0.717) is 43.0 Å².